The van der Waals surface area contributed by atoms with E-state index in [9.17, 15) is 18.0 Å². The molecule has 1 N–H and O–H groups in total. The van der Waals surface area contributed by atoms with Crippen molar-refractivity contribution >= 4 is 21.8 Å². The Bertz CT molecular complexity index is 659. The Balaban J connectivity index is 2.07. The number of hydrogen-bond acceptors (Lipinski definition) is 2. The highest BCUT2D eigenvalue weighted by molar-refractivity contribution is 9.10. The van der Waals surface area contributed by atoms with Crippen LogP contribution >= 0.6 is 15.9 Å². The first-order valence-corrected chi connectivity index (χ1v) is 6.72. The number of aromatic nitrogens is 1. The van der Waals surface area contributed by atoms with Crippen LogP contribution in [0.15, 0.2) is 47.2 Å². The van der Waals surface area contributed by atoms with Crippen molar-refractivity contribution in [2.45, 2.75) is 12.7 Å². The molecule has 0 unspecified atom stereocenters. The van der Waals surface area contributed by atoms with Crippen LogP contribution in [-0.4, -0.2) is 10.9 Å². The van der Waals surface area contributed by atoms with E-state index < -0.39 is 17.6 Å². The fourth-order valence-corrected chi connectivity index (χ4v) is 2.12. The molecule has 21 heavy (non-hydrogen) atoms. The molecule has 0 atom stereocenters. The predicted molar refractivity (Wildman–Crippen MR) is 74.6 cm³/mol. The molecule has 1 heterocycles. The van der Waals surface area contributed by atoms with Gasteiger partial charge in [-0.25, -0.2) is 4.98 Å². The second-order valence-corrected chi connectivity index (χ2v) is 4.97. The molecule has 0 aliphatic carbocycles. The Labute approximate surface area is 127 Å². The van der Waals surface area contributed by atoms with Crippen molar-refractivity contribution in [1.82, 2.24) is 10.3 Å². The second-order valence-electron chi connectivity index (χ2n) is 4.22. The number of carbonyl (C=O) groups excluding carboxylic acids is 1. The van der Waals surface area contributed by atoms with E-state index in [1.165, 1.54) is 18.3 Å². The van der Waals surface area contributed by atoms with Crippen molar-refractivity contribution in [2.24, 2.45) is 0 Å². The van der Waals surface area contributed by atoms with Crippen LogP contribution in [0.1, 0.15) is 21.5 Å². The van der Waals surface area contributed by atoms with Crippen LogP contribution in [0.4, 0.5) is 13.2 Å². The SMILES string of the molecule is O=C(NCc1cccc(C(F)(F)F)c1)c1cccnc1Br. The first kappa shape index (κ1) is 15.5. The summed E-state index contributed by atoms with van der Waals surface area (Å²) in [5, 5.41) is 2.56. The molecular formula is C14H10BrF3N2O. The number of carbonyl (C=O) groups is 1. The molecule has 0 fully saturated rings. The van der Waals surface area contributed by atoms with E-state index in [4.69, 9.17) is 0 Å². The van der Waals surface area contributed by atoms with Crippen molar-refractivity contribution in [1.29, 1.82) is 0 Å². The van der Waals surface area contributed by atoms with Gasteiger partial charge in [0.2, 0.25) is 0 Å². The average molecular weight is 359 g/mol. The van der Waals surface area contributed by atoms with Gasteiger partial charge in [-0.3, -0.25) is 4.79 Å². The fourth-order valence-electron chi connectivity index (χ4n) is 1.69. The van der Waals surface area contributed by atoms with Crippen molar-refractivity contribution in [3.05, 3.63) is 63.9 Å². The predicted octanol–water partition coefficient (Wildman–Crippen LogP) is 3.79. The third-order valence-electron chi connectivity index (χ3n) is 2.71. The molecule has 0 saturated carbocycles. The Morgan fingerprint density at radius 1 is 1.24 bits per heavy atom. The lowest BCUT2D eigenvalue weighted by Crippen LogP contribution is -2.23. The summed E-state index contributed by atoms with van der Waals surface area (Å²) in [5.41, 5.74) is -0.0422. The van der Waals surface area contributed by atoms with Crippen LogP contribution in [-0.2, 0) is 12.7 Å². The van der Waals surface area contributed by atoms with Crippen LogP contribution in [0, 0.1) is 0 Å². The van der Waals surface area contributed by atoms with E-state index in [0.717, 1.165) is 12.1 Å². The number of halogens is 4. The molecule has 0 spiro atoms. The topological polar surface area (TPSA) is 42.0 Å². The third kappa shape index (κ3) is 4.04. The monoisotopic (exact) mass is 358 g/mol. The molecular weight excluding hydrogens is 349 g/mol. The van der Waals surface area contributed by atoms with Gasteiger partial charge >= 0.3 is 6.18 Å². The van der Waals surface area contributed by atoms with Gasteiger partial charge in [0, 0.05) is 12.7 Å². The quantitative estimate of drug-likeness (QED) is 0.848. The Hall–Kier alpha value is -1.89. The molecule has 0 aliphatic heterocycles. The highest BCUT2D eigenvalue weighted by Gasteiger charge is 2.30. The molecule has 0 saturated heterocycles. The van der Waals surface area contributed by atoms with Gasteiger partial charge in [-0.2, -0.15) is 13.2 Å². The third-order valence-corrected chi connectivity index (χ3v) is 3.34. The Morgan fingerprint density at radius 2 is 2.00 bits per heavy atom. The van der Waals surface area contributed by atoms with E-state index >= 15 is 0 Å². The first-order chi connectivity index (χ1) is 9.88. The molecule has 2 aromatic rings. The number of pyridine rings is 1. The number of benzene rings is 1. The lowest BCUT2D eigenvalue weighted by molar-refractivity contribution is -0.137. The van der Waals surface area contributed by atoms with E-state index in [-0.39, 0.29) is 6.54 Å². The van der Waals surface area contributed by atoms with Crippen molar-refractivity contribution < 1.29 is 18.0 Å². The van der Waals surface area contributed by atoms with Gasteiger partial charge < -0.3 is 5.32 Å². The lowest BCUT2D eigenvalue weighted by atomic mass is 10.1. The smallest absolute Gasteiger partial charge is 0.348 e. The number of amides is 1. The summed E-state index contributed by atoms with van der Waals surface area (Å²) in [5.74, 6) is -0.410. The highest BCUT2D eigenvalue weighted by atomic mass is 79.9. The fraction of sp³-hybridized carbons (Fsp3) is 0.143. The molecule has 2 rings (SSSR count). The number of nitrogens with zero attached hydrogens (tertiary/aromatic N) is 1. The van der Waals surface area contributed by atoms with Crippen molar-refractivity contribution in [3.8, 4) is 0 Å². The summed E-state index contributed by atoms with van der Waals surface area (Å²) in [6.45, 7) is 0.00406. The summed E-state index contributed by atoms with van der Waals surface area (Å²) >= 11 is 3.14. The summed E-state index contributed by atoms with van der Waals surface area (Å²) in [4.78, 5) is 15.8. The maximum atomic E-state index is 12.6. The zero-order chi connectivity index (χ0) is 15.5. The highest BCUT2D eigenvalue weighted by Crippen LogP contribution is 2.29. The maximum Gasteiger partial charge on any atom is 0.416 e. The van der Waals surface area contributed by atoms with E-state index in [0.29, 0.717) is 15.7 Å². The largest absolute Gasteiger partial charge is 0.416 e. The minimum Gasteiger partial charge on any atom is -0.348 e. The van der Waals surface area contributed by atoms with E-state index in [2.05, 4.69) is 26.2 Å². The molecule has 0 radical (unpaired) electrons. The van der Waals surface area contributed by atoms with Gasteiger partial charge in [-0.05, 0) is 45.8 Å². The second kappa shape index (κ2) is 6.26. The summed E-state index contributed by atoms with van der Waals surface area (Å²) in [7, 11) is 0. The summed E-state index contributed by atoms with van der Waals surface area (Å²) in [6.07, 6.45) is -2.87. The molecule has 0 aliphatic rings. The number of alkyl halides is 3. The molecule has 1 amide bonds. The zero-order valence-electron chi connectivity index (χ0n) is 10.6. The lowest BCUT2D eigenvalue weighted by Gasteiger charge is -2.10. The van der Waals surface area contributed by atoms with Crippen LogP contribution in [0.5, 0.6) is 0 Å². The zero-order valence-corrected chi connectivity index (χ0v) is 12.2. The average Bonchev–Trinajstić information content (AvgIpc) is 2.45. The molecule has 1 aromatic carbocycles. The number of rotatable bonds is 3. The Kier molecular flexibility index (Phi) is 4.62. The van der Waals surface area contributed by atoms with Gasteiger partial charge in [0.05, 0.1) is 11.1 Å². The van der Waals surface area contributed by atoms with Gasteiger partial charge in [-0.1, -0.05) is 12.1 Å². The summed E-state index contributed by atoms with van der Waals surface area (Å²) in [6, 6.07) is 8.00. The number of nitrogens with one attached hydrogen (secondary N) is 1. The van der Waals surface area contributed by atoms with Crippen LogP contribution in [0.3, 0.4) is 0 Å². The normalized spacial score (nSPS) is 11.2. The molecule has 1 aromatic heterocycles. The molecule has 110 valence electrons. The minimum absolute atomic E-state index is 0.00406. The minimum atomic E-state index is -4.40. The molecule has 7 heteroatoms. The van der Waals surface area contributed by atoms with Crippen molar-refractivity contribution in [3.63, 3.8) is 0 Å². The van der Waals surface area contributed by atoms with Crippen LogP contribution < -0.4 is 5.32 Å². The first-order valence-electron chi connectivity index (χ1n) is 5.93. The maximum absolute atomic E-state index is 12.6. The van der Waals surface area contributed by atoms with E-state index in [1.54, 1.807) is 12.1 Å². The van der Waals surface area contributed by atoms with Crippen LogP contribution in [0.25, 0.3) is 0 Å². The van der Waals surface area contributed by atoms with Gasteiger partial charge in [-0.15, -0.1) is 0 Å². The van der Waals surface area contributed by atoms with E-state index in [1.807, 2.05) is 0 Å². The summed E-state index contributed by atoms with van der Waals surface area (Å²) < 4.78 is 38.1. The van der Waals surface area contributed by atoms with Gasteiger partial charge in [0.25, 0.3) is 5.91 Å². The Morgan fingerprint density at radius 3 is 2.67 bits per heavy atom. The number of hydrogen-bond donors (Lipinski definition) is 1. The molecule has 3 nitrogen and oxygen atoms in total. The van der Waals surface area contributed by atoms with Gasteiger partial charge in [0.15, 0.2) is 0 Å². The van der Waals surface area contributed by atoms with Crippen LogP contribution in [0.2, 0.25) is 0 Å². The standard InChI is InChI=1S/C14H10BrF3N2O/c15-12-11(5-2-6-19-12)13(21)20-8-9-3-1-4-10(7-9)14(16,17)18/h1-7H,8H2,(H,20,21). The van der Waals surface area contributed by atoms with Crippen molar-refractivity contribution in [2.75, 3.05) is 0 Å². The molecule has 0 bridgehead atoms. The van der Waals surface area contributed by atoms with Gasteiger partial charge in [0.1, 0.15) is 4.60 Å².